The summed E-state index contributed by atoms with van der Waals surface area (Å²) in [6.07, 6.45) is 1.81. The molecule has 3 N–H and O–H groups in total. The fraction of sp³-hybridized carbons (Fsp3) is 0.667. The highest BCUT2D eigenvalue weighted by molar-refractivity contribution is 5.28. The van der Waals surface area contributed by atoms with Gasteiger partial charge in [0.15, 0.2) is 0 Å². The van der Waals surface area contributed by atoms with E-state index < -0.39 is 0 Å². The predicted octanol–water partition coefficient (Wildman–Crippen LogP) is 3.51. The van der Waals surface area contributed by atoms with Gasteiger partial charge in [0, 0.05) is 12.0 Å². The molecule has 1 rings (SSSR count). The predicted molar refractivity (Wildman–Crippen MR) is 86.9 cm³/mol. The van der Waals surface area contributed by atoms with Crippen LogP contribution in [-0.4, -0.2) is 18.3 Å². The van der Waals surface area contributed by atoms with Crippen LogP contribution in [0.2, 0.25) is 0 Å². The van der Waals surface area contributed by atoms with Crippen LogP contribution in [0.4, 0.5) is 0 Å². The Morgan fingerprint density at radius 2 is 1.65 bits per heavy atom. The van der Waals surface area contributed by atoms with Crippen LogP contribution in [0.1, 0.15) is 52.2 Å². The van der Waals surface area contributed by atoms with Crippen LogP contribution in [0.25, 0.3) is 0 Å². The van der Waals surface area contributed by atoms with E-state index in [4.69, 9.17) is 5.73 Å². The van der Waals surface area contributed by atoms with Gasteiger partial charge in [0.05, 0.1) is 6.61 Å². The Hall–Kier alpha value is -0.860. The molecule has 0 fully saturated rings. The van der Waals surface area contributed by atoms with E-state index >= 15 is 0 Å². The van der Waals surface area contributed by atoms with E-state index in [0.717, 1.165) is 12.8 Å². The Kier molecular flexibility index (Phi) is 5.79. The standard InChI is InChI=1S/C18H31NO/c1-14(2)10-18(12-19,13-20)11-15-6-8-16(9-7-15)17(3,4)5/h6-9,14,20H,10-13,19H2,1-5H3. The molecule has 0 radical (unpaired) electrons. The van der Waals surface area contributed by atoms with Gasteiger partial charge in [0.25, 0.3) is 0 Å². The zero-order valence-electron chi connectivity index (χ0n) is 13.7. The normalized spacial score (nSPS) is 15.4. The van der Waals surface area contributed by atoms with Crippen molar-refractivity contribution in [2.75, 3.05) is 13.2 Å². The molecule has 2 nitrogen and oxygen atoms in total. The third-order valence-corrected chi connectivity index (χ3v) is 4.01. The van der Waals surface area contributed by atoms with E-state index in [9.17, 15) is 5.11 Å². The largest absolute Gasteiger partial charge is 0.396 e. The molecule has 20 heavy (non-hydrogen) atoms. The van der Waals surface area contributed by atoms with Gasteiger partial charge in [-0.1, -0.05) is 58.9 Å². The summed E-state index contributed by atoms with van der Waals surface area (Å²) < 4.78 is 0. The summed E-state index contributed by atoms with van der Waals surface area (Å²) in [5, 5.41) is 9.79. The molecule has 114 valence electrons. The number of rotatable bonds is 6. The maximum absolute atomic E-state index is 9.79. The van der Waals surface area contributed by atoms with Crippen molar-refractivity contribution < 1.29 is 5.11 Å². The molecular weight excluding hydrogens is 246 g/mol. The number of aliphatic hydroxyl groups is 1. The molecule has 0 aliphatic carbocycles. The number of benzene rings is 1. The Morgan fingerprint density at radius 3 is 2.00 bits per heavy atom. The van der Waals surface area contributed by atoms with E-state index in [1.54, 1.807) is 0 Å². The third-order valence-electron chi connectivity index (χ3n) is 4.01. The maximum Gasteiger partial charge on any atom is 0.0502 e. The van der Waals surface area contributed by atoms with E-state index in [1.807, 2.05) is 0 Å². The molecule has 1 aromatic carbocycles. The van der Waals surface area contributed by atoms with Crippen LogP contribution in [0, 0.1) is 11.3 Å². The monoisotopic (exact) mass is 277 g/mol. The number of hydrogen-bond acceptors (Lipinski definition) is 2. The maximum atomic E-state index is 9.79. The first-order valence-corrected chi connectivity index (χ1v) is 7.63. The minimum absolute atomic E-state index is 0.155. The lowest BCUT2D eigenvalue weighted by molar-refractivity contribution is 0.108. The van der Waals surface area contributed by atoms with Gasteiger partial charge in [0.2, 0.25) is 0 Å². The van der Waals surface area contributed by atoms with Crippen molar-refractivity contribution in [3.05, 3.63) is 35.4 Å². The highest BCUT2D eigenvalue weighted by Gasteiger charge is 2.29. The van der Waals surface area contributed by atoms with Crippen LogP contribution in [-0.2, 0) is 11.8 Å². The van der Waals surface area contributed by atoms with E-state index in [-0.39, 0.29) is 17.4 Å². The average Bonchev–Trinajstić information content (AvgIpc) is 2.37. The van der Waals surface area contributed by atoms with Crippen LogP contribution in [0.15, 0.2) is 24.3 Å². The minimum atomic E-state index is -0.183. The van der Waals surface area contributed by atoms with Crippen molar-refractivity contribution in [1.82, 2.24) is 0 Å². The SMILES string of the molecule is CC(C)CC(CN)(CO)Cc1ccc(C(C)(C)C)cc1. The highest BCUT2D eigenvalue weighted by atomic mass is 16.3. The van der Waals surface area contributed by atoms with Crippen molar-refractivity contribution in [3.8, 4) is 0 Å². The molecule has 0 saturated heterocycles. The molecule has 0 spiro atoms. The number of aliphatic hydroxyl groups excluding tert-OH is 1. The summed E-state index contributed by atoms with van der Waals surface area (Å²) in [6.45, 7) is 11.7. The molecule has 0 aliphatic rings. The van der Waals surface area contributed by atoms with E-state index in [0.29, 0.717) is 12.5 Å². The Bertz CT molecular complexity index is 396. The molecule has 1 unspecified atom stereocenters. The first-order chi connectivity index (χ1) is 9.22. The summed E-state index contributed by atoms with van der Waals surface area (Å²) in [4.78, 5) is 0. The van der Waals surface area contributed by atoms with Gasteiger partial charge in [-0.05, 0) is 35.3 Å². The summed E-state index contributed by atoms with van der Waals surface area (Å²) >= 11 is 0. The average molecular weight is 277 g/mol. The summed E-state index contributed by atoms with van der Waals surface area (Å²) in [5.41, 5.74) is 8.55. The molecule has 0 aromatic heterocycles. The highest BCUT2D eigenvalue weighted by Crippen LogP contribution is 2.30. The van der Waals surface area contributed by atoms with Gasteiger partial charge in [-0.3, -0.25) is 0 Å². The topological polar surface area (TPSA) is 46.2 Å². The smallest absolute Gasteiger partial charge is 0.0502 e. The summed E-state index contributed by atoms with van der Waals surface area (Å²) in [5.74, 6) is 0.541. The molecule has 0 amide bonds. The third kappa shape index (κ3) is 4.60. The number of hydrogen-bond donors (Lipinski definition) is 2. The van der Waals surface area contributed by atoms with Crippen molar-refractivity contribution >= 4 is 0 Å². The van der Waals surface area contributed by atoms with Crippen LogP contribution in [0.3, 0.4) is 0 Å². The second-order valence-electron chi connectivity index (χ2n) is 7.58. The van der Waals surface area contributed by atoms with Gasteiger partial charge in [-0.15, -0.1) is 0 Å². The summed E-state index contributed by atoms with van der Waals surface area (Å²) in [7, 11) is 0. The second-order valence-corrected chi connectivity index (χ2v) is 7.58. The first-order valence-electron chi connectivity index (χ1n) is 7.63. The lowest BCUT2D eigenvalue weighted by Crippen LogP contribution is -2.37. The lowest BCUT2D eigenvalue weighted by Gasteiger charge is -2.32. The zero-order chi connectivity index (χ0) is 15.4. The first kappa shape index (κ1) is 17.2. The number of nitrogens with two attached hydrogens (primary N) is 1. The Morgan fingerprint density at radius 1 is 1.10 bits per heavy atom. The molecule has 0 saturated carbocycles. The van der Waals surface area contributed by atoms with Gasteiger partial charge in [0.1, 0.15) is 0 Å². The molecule has 0 bridgehead atoms. The van der Waals surface area contributed by atoms with Crippen LogP contribution < -0.4 is 5.73 Å². The van der Waals surface area contributed by atoms with Gasteiger partial charge >= 0.3 is 0 Å². The van der Waals surface area contributed by atoms with Gasteiger partial charge < -0.3 is 10.8 Å². The second kappa shape index (κ2) is 6.73. The van der Waals surface area contributed by atoms with E-state index in [1.165, 1.54) is 11.1 Å². The van der Waals surface area contributed by atoms with E-state index in [2.05, 4.69) is 58.9 Å². The van der Waals surface area contributed by atoms with Gasteiger partial charge in [-0.25, -0.2) is 0 Å². The van der Waals surface area contributed by atoms with Crippen LogP contribution in [0.5, 0.6) is 0 Å². The quantitative estimate of drug-likeness (QED) is 0.836. The van der Waals surface area contributed by atoms with Crippen molar-refractivity contribution in [2.24, 2.45) is 17.1 Å². The van der Waals surface area contributed by atoms with Crippen molar-refractivity contribution in [2.45, 2.75) is 52.9 Å². The molecule has 1 aromatic rings. The lowest BCUT2D eigenvalue weighted by atomic mass is 9.75. The van der Waals surface area contributed by atoms with Gasteiger partial charge in [-0.2, -0.15) is 0 Å². The van der Waals surface area contributed by atoms with Crippen molar-refractivity contribution in [3.63, 3.8) is 0 Å². The minimum Gasteiger partial charge on any atom is -0.396 e. The molecule has 1 atom stereocenters. The molecule has 0 aliphatic heterocycles. The van der Waals surface area contributed by atoms with Crippen LogP contribution >= 0.6 is 0 Å². The molecule has 0 heterocycles. The molecular formula is C18H31NO. The zero-order valence-corrected chi connectivity index (χ0v) is 13.7. The fourth-order valence-corrected chi connectivity index (χ4v) is 2.83. The Balaban J connectivity index is 2.89. The summed E-state index contributed by atoms with van der Waals surface area (Å²) in [6, 6.07) is 8.76. The Labute approximate surface area is 124 Å². The fourth-order valence-electron chi connectivity index (χ4n) is 2.83. The molecule has 2 heteroatoms. The van der Waals surface area contributed by atoms with Crippen molar-refractivity contribution in [1.29, 1.82) is 0 Å².